The van der Waals surface area contributed by atoms with Gasteiger partial charge < -0.3 is 39.2 Å². The minimum absolute atomic E-state index is 0.0497. The molecule has 3 atom stereocenters. The number of fused-ring (bicyclic) bond motifs is 1. The Morgan fingerprint density at radius 3 is 2.60 bits per heavy atom. The van der Waals surface area contributed by atoms with Gasteiger partial charge in [-0.3, -0.25) is 4.79 Å². The van der Waals surface area contributed by atoms with Crippen LogP contribution in [0.15, 0.2) is 42.5 Å². The molecule has 5 rings (SSSR count). The monoisotopic (exact) mass is 595 g/mol. The van der Waals surface area contributed by atoms with Crippen molar-refractivity contribution in [1.29, 1.82) is 0 Å². The first kappa shape index (κ1) is 31.6. The van der Waals surface area contributed by atoms with Gasteiger partial charge in [-0.05, 0) is 73.4 Å². The lowest BCUT2D eigenvalue weighted by molar-refractivity contribution is -0.127. The number of hydrogen-bond acceptors (Lipinski definition) is 8. The van der Waals surface area contributed by atoms with E-state index < -0.39 is 0 Å². The van der Waals surface area contributed by atoms with Gasteiger partial charge in [0, 0.05) is 58.8 Å². The number of anilines is 1. The first-order valence-electron chi connectivity index (χ1n) is 15.9. The summed E-state index contributed by atoms with van der Waals surface area (Å²) in [5, 5.41) is 6.89. The van der Waals surface area contributed by atoms with Crippen molar-refractivity contribution in [3.63, 3.8) is 0 Å². The van der Waals surface area contributed by atoms with Crippen LogP contribution in [-0.4, -0.2) is 85.4 Å². The summed E-state index contributed by atoms with van der Waals surface area (Å²) in [6, 6.07) is 14.7. The zero-order valence-corrected chi connectivity index (χ0v) is 26.0. The number of nitrogens with zero attached hydrogens (tertiary/aromatic N) is 1. The number of piperidine rings is 1. The highest BCUT2D eigenvalue weighted by Gasteiger charge is 2.36. The van der Waals surface area contributed by atoms with E-state index in [2.05, 4.69) is 45.9 Å². The molecule has 2 aromatic carbocycles. The Morgan fingerprint density at radius 2 is 1.86 bits per heavy atom. The second-order valence-electron chi connectivity index (χ2n) is 12.0. The molecule has 1 saturated carbocycles. The summed E-state index contributed by atoms with van der Waals surface area (Å²) in [6.07, 6.45) is 4.87. The molecule has 1 saturated heterocycles. The van der Waals surface area contributed by atoms with Crippen LogP contribution in [0.1, 0.15) is 49.1 Å². The summed E-state index contributed by atoms with van der Waals surface area (Å²) >= 11 is 0. The highest BCUT2D eigenvalue weighted by Crippen LogP contribution is 2.36. The van der Waals surface area contributed by atoms with E-state index in [0.717, 1.165) is 87.6 Å². The molecule has 2 fully saturated rings. The third-order valence-corrected chi connectivity index (χ3v) is 9.30. The number of amides is 1. The standard InChI is InChI=1S/C34H49N3O6/c1-39-17-4-15-37-16-18-42-31-14-5-24(19-30(31)37)23-43-32-22-35-20-27(33(32)25-6-10-28(40-2)11-7-25)21-36-34(38)26-8-12-29(41-3)13-9-26/h5-7,10-11,14,19,26-27,29,32-33,35H,4,8-9,12-13,15-18,20-23H2,1-3H3,(H,36,38)/t26?,27-,29?,32-,33-/m0/s1. The summed E-state index contributed by atoms with van der Waals surface area (Å²) in [7, 11) is 5.19. The Bertz CT molecular complexity index is 1150. The van der Waals surface area contributed by atoms with Crippen LogP contribution >= 0.6 is 0 Å². The molecular formula is C34H49N3O6. The van der Waals surface area contributed by atoms with Crippen molar-refractivity contribution in [2.24, 2.45) is 11.8 Å². The van der Waals surface area contributed by atoms with E-state index in [1.807, 2.05) is 12.1 Å². The number of carbonyl (C=O) groups excluding carboxylic acids is 1. The van der Waals surface area contributed by atoms with E-state index in [-0.39, 0.29) is 35.9 Å². The van der Waals surface area contributed by atoms with Gasteiger partial charge in [0.2, 0.25) is 5.91 Å². The molecule has 9 nitrogen and oxygen atoms in total. The molecule has 3 aliphatic rings. The first-order valence-corrected chi connectivity index (χ1v) is 15.9. The number of hydrogen-bond donors (Lipinski definition) is 2. The quantitative estimate of drug-likeness (QED) is 0.334. The number of methoxy groups -OCH3 is 3. The van der Waals surface area contributed by atoms with E-state index in [9.17, 15) is 4.79 Å². The third kappa shape index (κ3) is 8.20. The normalized spacial score (nSPS) is 25.5. The molecule has 1 aliphatic carbocycles. The molecule has 2 N–H and O–H groups in total. The third-order valence-electron chi connectivity index (χ3n) is 9.30. The smallest absolute Gasteiger partial charge is 0.223 e. The molecule has 2 heterocycles. The SMILES string of the molecule is COCCCN1CCOc2ccc(CO[C@H]3CNC[C@@H](CNC(=O)C4CCC(OC)CC4)[C@@H]3c3ccc(OC)cc3)cc21. The summed E-state index contributed by atoms with van der Waals surface area (Å²) < 4.78 is 28.8. The molecule has 1 amide bonds. The fourth-order valence-electron chi connectivity index (χ4n) is 6.82. The Balaban J connectivity index is 1.26. The molecule has 0 aromatic heterocycles. The second kappa shape index (κ2) is 15.7. The van der Waals surface area contributed by atoms with E-state index in [1.54, 1.807) is 21.3 Å². The lowest BCUT2D eigenvalue weighted by Crippen LogP contribution is -2.50. The van der Waals surface area contributed by atoms with Crippen LogP contribution < -0.4 is 25.0 Å². The summed E-state index contributed by atoms with van der Waals surface area (Å²) in [5.74, 6) is 2.31. The Morgan fingerprint density at radius 1 is 1.05 bits per heavy atom. The number of nitrogens with one attached hydrogen (secondary N) is 2. The van der Waals surface area contributed by atoms with Crippen molar-refractivity contribution < 1.29 is 28.5 Å². The average molecular weight is 596 g/mol. The zero-order chi connectivity index (χ0) is 30.0. The van der Waals surface area contributed by atoms with E-state index >= 15 is 0 Å². The summed E-state index contributed by atoms with van der Waals surface area (Å²) in [4.78, 5) is 15.5. The Hall–Kier alpha value is -2.85. The van der Waals surface area contributed by atoms with Gasteiger partial charge in [0.05, 0.1) is 38.2 Å². The van der Waals surface area contributed by atoms with Gasteiger partial charge in [0.25, 0.3) is 0 Å². The molecular weight excluding hydrogens is 546 g/mol. The topological polar surface area (TPSA) is 90.5 Å². The molecule has 0 radical (unpaired) electrons. The van der Waals surface area contributed by atoms with Gasteiger partial charge in [0.1, 0.15) is 18.1 Å². The molecule has 0 spiro atoms. The van der Waals surface area contributed by atoms with Crippen molar-refractivity contribution in [3.8, 4) is 11.5 Å². The molecule has 0 unspecified atom stereocenters. The summed E-state index contributed by atoms with van der Waals surface area (Å²) in [5.41, 5.74) is 3.45. The van der Waals surface area contributed by atoms with Crippen LogP contribution in [-0.2, 0) is 25.6 Å². The van der Waals surface area contributed by atoms with Crippen molar-refractivity contribution in [2.75, 3.05) is 72.2 Å². The molecule has 2 aliphatic heterocycles. The lowest BCUT2D eigenvalue weighted by atomic mass is 9.78. The molecule has 236 valence electrons. The van der Waals surface area contributed by atoms with Crippen LogP contribution in [0.3, 0.4) is 0 Å². The van der Waals surface area contributed by atoms with Gasteiger partial charge in [-0.1, -0.05) is 18.2 Å². The maximum absolute atomic E-state index is 13.1. The fourth-order valence-corrected chi connectivity index (χ4v) is 6.82. The Kier molecular flexibility index (Phi) is 11.6. The predicted molar refractivity (Wildman–Crippen MR) is 167 cm³/mol. The van der Waals surface area contributed by atoms with Crippen molar-refractivity contribution in [3.05, 3.63) is 53.6 Å². The summed E-state index contributed by atoms with van der Waals surface area (Å²) in [6.45, 7) is 5.92. The van der Waals surface area contributed by atoms with Gasteiger partial charge in [-0.25, -0.2) is 0 Å². The average Bonchev–Trinajstić information content (AvgIpc) is 3.06. The van der Waals surface area contributed by atoms with E-state index in [1.165, 1.54) is 5.56 Å². The lowest BCUT2D eigenvalue weighted by Gasteiger charge is -2.39. The fraction of sp³-hybridized carbons (Fsp3) is 0.618. The predicted octanol–water partition coefficient (Wildman–Crippen LogP) is 4.14. The number of benzene rings is 2. The van der Waals surface area contributed by atoms with Gasteiger partial charge >= 0.3 is 0 Å². The number of carbonyl (C=O) groups is 1. The van der Waals surface area contributed by atoms with Crippen molar-refractivity contribution in [2.45, 2.75) is 56.8 Å². The minimum Gasteiger partial charge on any atom is -0.497 e. The van der Waals surface area contributed by atoms with Crippen molar-refractivity contribution >= 4 is 11.6 Å². The van der Waals surface area contributed by atoms with Crippen LogP contribution in [0, 0.1) is 11.8 Å². The van der Waals surface area contributed by atoms with E-state index in [0.29, 0.717) is 19.8 Å². The zero-order valence-electron chi connectivity index (χ0n) is 26.0. The minimum atomic E-state index is -0.0497. The van der Waals surface area contributed by atoms with Crippen LogP contribution in [0.5, 0.6) is 11.5 Å². The number of ether oxygens (including phenoxy) is 5. The highest BCUT2D eigenvalue weighted by atomic mass is 16.5. The van der Waals surface area contributed by atoms with Crippen LogP contribution in [0.2, 0.25) is 0 Å². The molecule has 43 heavy (non-hydrogen) atoms. The van der Waals surface area contributed by atoms with Gasteiger partial charge in [-0.2, -0.15) is 0 Å². The first-order chi connectivity index (χ1) is 21.1. The largest absolute Gasteiger partial charge is 0.497 e. The number of rotatable bonds is 13. The van der Waals surface area contributed by atoms with Gasteiger partial charge in [0.15, 0.2) is 0 Å². The van der Waals surface area contributed by atoms with Gasteiger partial charge in [-0.15, -0.1) is 0 Å². The van der Waals surface area contributed by atoms with Crippen LogP contribution in [0.4, 0.5) is 5.69 Å². The maximum atomic E-state index is 13.1. The molecule has 9 heteroatoms. The highest BCUT2D eigenvalue weighted by molar-refractivity contribution is 5.78. The van der Waals surface area contributed by atoms with Crippen LogP contribution in [0.25, 0.3) is 0 Å². The maximum Gasteiger partial charge on any atom is 0.223 e. The molecule has 0 bridgehead atoms. The Labute approximate surface area is 256 Å². The van der Waals surface area contributed by atoms with Crippen molar-refractivity contribution in [1.82, 2.24) is 10.6 Å². The molecule has 2 aromatic rings. The van der Waals surface area contributed by atoms with E-state index in [4.69, 9.17) is 23.7 Å². The second-order valence-corrected chi connectivity index (χ2v) is 12.0.